The van der Waals surface area contributed by atoms with Crippen molar-refractivity contribution < 1.29 is 23.9 Å². The maximum atomic E-state index is 12.2. The summed E-state index contributed by atoms with van der Waals surface area (Å²) in [4.78, 5) is 37.8. The van der Waals surface area contributed by atoms with Crippen molar-refractivity contribution in [3.05, 3.63) is 59.2 Å². The number of likely N-dealkylation sites (tertiary alicyclic amines) is 1. The second-order valence-corrected chi connectivity index (χ2v) is 7.65. The van der Waals surface area contributed by atoms with Crippen LogP contribution in [0.2, 0.25) is 0 Å². The molecule has 1 aliphatic heterocycles. The lowest BCUT2D eigenvalue weighted by molar-refractivity contribution is -0.139. The third kappa shape index (κ3) is 7.06. The van der Waals surface area contributed by atoms with Crippen LogP contribution in [0.1, 0.15) is 29.5 Å². The zero-order chi connectivity index (χ0) is 23.6. The van der Waals surface area contributed by atoms with Gasteiger partial charge in [-0.05, 0) is 49.1 Å². The van der Waals surface area contributed by atoms with Gasteiger partial charge in [-0.3, -0.25) is 14.4 Å². The van der Waals surface area contributed by atoms with E-state index in [1.165, 1.54) is 13.3 Å². The van der Waals surface area contributed by atoms with Crippen molar-refractivity contribution in [1.29, 1.82) is 0 Å². The summed E-state index contributed by atoms with van der Waals surface area (Å²) >= 11 is 0. The maximum Gasteiger partial charge on any atom is 0.329 e. The monoisotopic (exact) mass is 452 g/mol. The topological polar surface area (TPSA) is 109 Å². The molecule has 1 aliphatic rings. The highest BCUT2D eigenvalue weighted by Gasteiger charge is 2.19. The molecule has 0 spiro atoms. The minimum Gasteiger partial charge on any atom is -0.493 e. The van der Waals surface area contributed by atoms with Crippen LogP contribution in [0.3, 0.4) is 0 Å². The molecule has 0 radical (unpaired) electrons. The van der Waals surface area contributed by atoms with Crippen molar-refractivity contribution in [3.8, 4) is 11.5 Å². The van der Waals surface area contributed by atoms with Gasteiger partial charge in [0.2, 0.25) is 0 Å². The Labute approximate surface area is 192 Å². The van der Waals surface area contributed by atoms with Crippen LogP contribution in [0.5, 0.6) is 11.5 Å². The summed E-state index contributed by atoms with van der Waals surface area (Å²) in [6.07, 6.45) is 3.43. The number of ether oxygens (including phenoxy) is 2. The van der Waals surface area contributed by atoms with Crippen molar-refractivity contribution in [1.82, 2.24) is 15.6 Å². The van der Waals surface area contributed by atoms with Gasteiger partial charge in [-0.2, -0.15) is 5.10 Å². The van der Waals surface area contributed by atoms with Crippen LogP contribution in [0, 0.1) is 6.92 Å². The fourth-order valence-corrected chi connectivity index (χ4v) is 3.27. The number of methoxy groups -OCH3 is 1. The highest BCUT2D eigenvalue weighted by atomic mass is 16.5. The molecule has 1 saturated heterocycles. The summed E-state index contributed by atoms with van der Waals surface area (Å²) in [6, 6.07) is 12.6. The van der Waals surface area contributed by atoms with Crippen LogP contribution in [0.4, 0.5) is 0 Å². The van der Waals surface area contributed by atoms with Crippen LogP contribution in [-0.4, -0.2) is 55.6 Å². The van der Waals surface area contributed by atoms with Crippen molar-refractivity contribution in [2.45, 2.75) is 26.3 Å². The van der Waals surface area contributed by atoms with Gasteiger partial charge in [0.25, 0.3) is 5.91 Å². The first kappa shape index (κ1) is 23.8. The van der Waals surface area contributed by atoms with Gasteiger partial charge in [0, 0.05) is 19.6 Å². The first-order valence-corrected chi connectivity index (χ1v) is 10.7. The number of hydrogen-bond acceptors (Lipinski definition) is 6. The van der Waals surface area contributed by atoms with Gasteiger partial charge >= 0.3 is 11.8 Å². The Kier molecular flexibility index (Phi) is 8.40. The molecule has 1 heterocycles. The average Bonchev–Trinajstić information content (AvgIpc) is 3.37. The van der Waals surface area contributed by atoms with Gasteiger partial charge in [-0.25, -0.2) is 5.43 Å². The van der Waals surface area contributed by atoms with Crippen molar-refractivity contribution in [2.24, 2.45) is 5.10 Å². The molecule has 0 unspecified atom stereocenters. The molecular formula is C24H28N4O5. The number of amides is 3. The van der Waals surface area contributed by atoms with E-state index in [1.807, 2.05) is 31.2 Å². The van der Waals surface area contributed by atoms with Crippen LogP contribution < -0.4 is 20.2 Å². The van der Waals surface area contributed by atoms with Crippen molar-refractivity contribution in [2.75, 3.05) is 26.8 Å². The predicted octanol–water partition coefficient (Wildman–Crippen LogP) is 1.77. The van der Waals surface area contributed by atoms with E-state index < -0.39 is 11.8 Å². The first-order valence-electron chi connectivity index (χ1n) is 10.7. The molecule has 33 heavy (non-hydrogen) atoms. The van der Waals surface area contributed by atoms with Gasteiger partial charge in [-0.15, -0.1) is 0 Å². The first-order chi connectivity index (χ1) is 16.0. The van der Waals surface area contributed by atoms with Gasteiger partial charge in [0.15, 0.2) is 18.1 Å². The van der Waals surface area contributed by atoms with Crippen molar-refractivity contribution in [3.63, 3.8) is 0 Å². The zero-order valence-corrected chi connectivity index (χ0v) is 18.8. The lowest BCUT2D eigenvalue weighted by Gasteiger charge is -2.16. The van der Waals surface area contributed by atoms with E-state index in [2.05, 4.69) is 15.8 Å². The molecule has 2 aromatic rings. The molecule has 1 fully saturated rings. The molecule has 3 rings (SSSR count). The Morgan fingerprint density at radius 3 is 2.45 bits per heavy atom. The average molecular weight is 453 g/mol. The third-order valence-corrected chi connectivity index (χ3v) is 5.16. The molecule has 9 nitrogen and oxygen atoms in total. The normalized spacial score (nSPS) is 13.1. The van der Waals surface area contributed by atoms with E-state index in [0.717, 1.165) is 37.1 Å². The van der Waals surface area contributed by atoms with E-state index in [4.69, 9.17) is 9.47 Å². The lowest BCUT2D eigenvalue weighted by atomic mass is 10.1. The molecule has 0 bridgehead atoms. The summed E-state index contributed by atoms with van der Waals surface area (Å²) in [6.45, 7) is 3.70. The summed E-state index contributed by atoms with van der Waals surface area (Å²) in [5, 5.41) is 6.36. The number of hydrogen-bond donors (Lipinski definition) is 2. The number of carbonyl (C=O) groups excluding carboxylic acids is 3. The molecule has 2 N–H and O–H groups in total. The highest BCUT2D eigenvalue weighted by molar-refractivity contribution is 6.35. The molecule has 0 aromatic heterocycles. The number of nitrogens with zero attached hydrogens (tertiary/aromatic N) is 2. The zero-order valence-electron chi connectivity index (χ0n) is 18.8. The van der Waals surface area contributed by atoms with Crippen LogP contribution >= 0.6 is 0 Å². The van der Waals surface area contributed by atoms with E-state index in [0.29, 0.717) is 17.1 Å². The van der Waals surface area contributed by atoms with Gasteiger partial charge in [0.05, 0.1) is 13.3 Å². The SMILES string of the molecule is COc1cc(/C=N\NC(=O)C(=O)NCc2ccc(C)cc2)ccc1OCC(=O)N1CCCC1. The molecule has 0 atom stereocenters. The second-order valence-electron chi connectivity index (χ2n) is 7.65. The third-order valence-electron chi connectivity index (χ3n) is 5.16. The van der Waals surface area contributed by atoms with E-state index in [9.17, 15) is 14.4 Å². The lowest BCUT2D eigenvalue weighted by Crippen LogP contribution is -2.37. The van der Waals surface area contributed by atoms with Crippen LogP contribution in [-0.2, 0) is 20.9 Å². The molecule has 3 amide bonds. The number of benzene rings is 2. The van der Waals surface area contributed by atoms with E-state index >= 15 is 0 Å². The van der Waals surface area contributed by atoms with E-state index in [1.54, 1.807) is 23.1 Å². The molecule has 0 saturated carbocycles. The quantitative estimate of drug-likeness (QED) is 0.360. The maximum absolute atomic E-state index is 12.2. The number of rotatable bonds is 8. The number of hydrazone groups is 1. The molecular weight excluding hydrogens is 424 g/mol. The smallest absolute Gasteiger partial charge is 0.329 e. The Hall–Kier alpha value is -3.88. The Morgan fingerprint density at radius 2 is 1.76 bits per heavy atom. The Morgan fingerprint density at radius 1 is 1.03 bits per heavy atom. The van der Waals surface area contributed by atoms with Crippen LogP contribution in [0.25, 0.3) is 0 Å². The Balaban J connectivity index is 1.48. The van der Waals surface area contributed by atoms with Crippen LogP contribution in [0.15, 0.2) is 47.6 Å². The summed E-state index contributed by atoms with van der Waals surface area (Å²) in [5.41, 5.74) is 4.82. The molecule has 9 heteroatoms. The standard InChI is InChI=1S/C24H28N4O5/c1-17-5-7-18(8-6-17)14-25-23(30)24(31)27-26-15-19-9-10-20(21(13-19)32-2)33-16-22(29)28-11-3-4-12-28/h5-10,13,15H,3-4,11-12,14,16H2,1-2H3,(H,25,30)(H,27,31)/b26-15-. The Bertz CT molecular complexity index is 1010. The molecule has 174 valence electrons. The fraction of sp³-hybridized carbons (Fsp3) is 0.333. The summed E-state index contributed by atoms with van der Waals surface area (Å²) in [7, 11) is 1.49. The fourth-order valence-electron chi connectivity index (χ4n) is 3.27. The van der Waals surface area contributed by atoms with Gasteiger partial charge in [0.1, 0.15) is 0 Å². The van der Waals surface area contributed by atoms with Gasteiger partial charge < -0.3 is 19.7 Å². The number of carbonyl (C=O) groups is 3. The molecule has 2 aromatic carbocycles. The summed E-state index contributed by atoms with van der Waals surface area (Å²) in [5.74, 6) is -0.844. The predicted molar refractivity (Wildman–Crippen MR) is 123 cm³/mol. The minimum absolute atomic E-state index is 0.0523. The second kappa shape index (κ2) is 11.7. The van der Waals surface area contributed by atoms with Crippen molar-refractivity contribution >= 4 is 23.9 Å². The van der Waals surface area contributed by atoms with E-state index in [-0.39, 0.29) is 19.1 Å². The van der Waals surface area contributed by atoms with Gasteiger partial charge in [-0.1, -0.05) is 29.8 Å². The minimum atomic E-state index is -0.870. The number of nitrogens with one attached hydrogen (secondary N) is 2. The highest BCUT2D eigenvalue weighted by Crippen LogP contribution is 2.27. The summed E-state index contributed by atoms with van der Waals surface area (Å²) < 4.78 is 10.9. The molecule has 0 aliphatic carbocycles. The largest absolute Gasteiger partial charge is 0.493 e. The number of aryl methyl sites for hydroxylation is 1.